The molecule has 1 amide bonds. The molecule has 3 aromatic rings. The number of nitrogens with one attached hydrogen (secondary N) is 1. The van der Waals surface area contributed by atoms with Gasteiger partial charge in [0.05, 0.1) is 5.69 Å². The number of hydrogen-bond donors (Lipinski definition) is 1. The molecule has 10 heteroatoms. The van der Waals surface area contributed by atoms with Crippen molar-refractivity contribution in [1.82, 2.24) is 29.2 Å². The van der Waals surface area contributed by atoms with Crippen molar-refractivity contribution in [3.05, 3.63) is 44.2 Å². The fraction of sp³-hybridized carbons (Fsp3) is 0.471. The third kappa shape index (κ3) is 2.77. The molecule has 1 unspecified atom stereocenters. The number of imidazole rings is 1. The number of piperidine rings is 1. The van der Waals surface area contributed by atoms with E-state index < -0.39 is 11.2 Å². The van der Waals surface area contributed by atoms with Crippen LogP contribution in [0.5, 0.6) is 0 Å². The van der Waals surface area contributed by atoms with Crippen molar-refractivity contribution >= 4 is 17.1 Å². The fourth-order valence-corrected chi connectivity index (χ4v) is 3.54. The Bertz CT molecular complexity index is 1150. The van der Waals surface area contributed by atoms with Crippen molar-refractivity contribution in [2.45, 2.75) is 25.7 Å². The van der Waals surface area contributed by atoms with Crippen LogP contribution in [0.25, 0.3) is 11.2 Å². The molecule has 27 heavy (non-hydrogen) atoms. The van der Waals surface area contributed by atoms with Gasteiger partial charge in [0.1, 0.15) is 11.3 Å². The van der Waals surface area contributed by atoms with E-state index in [1.807, 2.05) is 0 Å². The van der Waals surface area contributed by atoms with Gasteiger partial charge in [-0.2, -0.15) is 0 Å². The van der Waals surface area contributed by atoms with E-state index in [0.717, 1.165) is 17.4 Å². The van der Waals surface area contributed by atoms with E-state index >= 15 is 0 Å². The smallest absolute Gasteiger partial charge is 0.332 e. The second kappa shape index (κ2) is 6.22. The molecular formula is C17H20N6O4. The quantitative estimate of drug-likeness (QED) is 0.690. The van der Waals surface area contributed by atoms with Gasteiger partial charge in [0.2, 0.25) is 5.76 Å². The summed E-state index contributed by atoms with van der Waals surface area (Å²) in [5.41, 5.74) is 0.441. The van der Waals surface area contributed by atoms with Crippen LogP contribution in [0.15, 0.2) is 20.2 Å². The monoisotopic (exact) mass is 372 g/mol. The average molecular weight is 372 g/mol. The van der Waals surface area contributed by atoms with Gasteiger partial charge in [-0.1, -0.05) is 5.16 Å². The molecule has 0 aromatic carbocycles. The van der Waals surface area contributed by atoms with E-state index in [4.69, 9.17) is 4.52 Å². The van der Waals surface area contributed by atoms with Crippen molar-refractivity contribution in [2.24, 2.45) is 14.1 Å². The Labute approximate surface area is 153 Å². The zero-order chi connectivity index (χ0) is 19.3. The predicted octanol–water partition coefficient (Wildman–Crippen LogP) is 0.277. The molecule has 1 aliphatic heterocycles. The summed E-state index contributed by atoms with van der Waals surface area (Å²) in [6.07, 6.45) is 1.63. The van der Waals surface area contributed by atoms with E-state index in [0.29, 0.717) is 35.8 Å². The standard InChI is InChI=1S/C17H20N6O4/c1-9-7-11(27-20-9)15(24)23-6-4-5-10(8-23)13-18-12-14(19-13)21(2)17(26)22(3)16(12)25/h7,10H,4-6,8H2,1-3H3,(H,18,19). The van der Waals surface area contributed by atoms with Gasteiger partial charge in [0, 0.05) is 39.2 Å². The number of H-pyrrole nitrogens is 1. The number of amides is 1. The lowest BCUT2D eigenvalue weighted by Crippen LogP contribution is -2.39. The molecule has 10 nitrogen and oxygen atoms in total. The molecule has 1 atom stereocenters. The number of aryl methyl sites for hydroxylation is 2. The van der Waals surface area contributed by atoms with Gasteiger partial charge >= 0.3 is 5.69 Å². The van der Waals surface area contributed by atoms with Gasteiger partial charge in [-0.15, -0.1) is 0 Å². The van der Waals surface area contributed by atoms with Crippen LogP contribution >= 0.6 is 0 Å². The fourth-order valence-electron chi connectivity index (χ4n) is 3.54. The molecule has 4 rings (SSSR count). The molecule has 1 fully saturated rings. The number of hydrogen-bond acceptors (Lipinski definition) is 6. The highest BCUT2D eigenvalue weighted by molar-refractivity contribution is 5.91. The maximum absolute atomic E-state index is 12.6. The van der Waals surface area contributed by atoms with E-state index in [1.165, 1.54) is 11.6 Å². The third-order valence-corrected chi connectivity index (χ3v) is 5.05. The Morgan fingerprint density at radius 3 is 2.78 bits per heavy atom. The number of likely N-dealkylation sites (tertiary alicyclic amines) is 1. The molecule has 142 valence electrons. The summed E-state index contributed by atoms with van der Waals surface area (Å²) in [5.74, 6) is 0.558. The van der Waals surface area contributed by atoms with Crippen LogP contribution in [0.2, 0.25) is 0 Å². The first kappa shape index (κ1) is 17.3. The van der Waals surface area contributed by atoms with Crippen LogP contribution in [-0.2, 0) is 14.1 Å². The first-order valence-corrected chi connectivity index (χ1v) is 8.75. The van der Waals surface area contributed by atoms with Crippen molar-refractivity contribution in [3.8, 4) is 0 Å². The molecule has 1 saturated heterocycles. The van der Waals surface area contributed by atoms with Crippen molar-refractivity contribution < 1.29 is 9.32 Å². The molecular weight excluding hydrogens is 352 g/mol. The molecule has 3 aromatic heterocycles. The van der Waals surface area contributed by atoms with Crippen LogP contribution in [-0.4, -0.2) is 48.2 Å². The molecule has 0 bridgehead atoms. The van der Waals surface area contributed by atoms with Gasteiger partial charge in [-0.3, -0.25) is 18.7 Å². The third-order valence-electron chi connectivity index (χ3n) is 5.05. The van der Waals surface area contributed by atoms with Gasteiger partial charge in [-0.05, 0) is 19.8 Å². The van der Waals surface area contributed by atoms with Gasteiger partial charge in [0.25, 0.3) is 11.5 Å². The van der Waals surface area contributed by atoms with Crippen molar-refractivity contribution in [2.75, 3.05) is 13.1 Å². The lowest BCUT2D eigenvalue weighted by Gasteiger charge is -2.31. The number of aromatic nitrogens is 5. The summed E-state index contributed by atoms with van der Waals surface area (Å²) in [6.45, 7) is 2.83. The van der Waals surface area contributed by atoms with Crippen LogP contribution in [0, 0.1) is 6.92 Å². The van der Waals surface area contributed by atoms with Gasteiger partial charge in [-0.25, -0.2) is 9.78 Å². The van der Waals surface area contributed by atoms with Crippen LogP contribution in [0.3, 0.4) is 0 Å². The second-order valence-corrected chi connectivity index (χ2v) is 6.95. The Kier molecular flexibility index (Phi) is 3.97. The molecule has 4 heterocycles. The summed E-state index contributed by atoms with van der Waals surface area (Å²) in [7, 11) is 3.02. The first-order valence-electron chi connectivity index (χ1n) is 8.75. The van der Waals surface area contributed by atoms with E-state index in [-0.39, 0.29) is 17.6 Å². The first-order chi connectivity index (χ1) is 12.9. The number of carbonyl (C=O) groups is 1. The van der Waals surface area contributed by atoms with Crippen LogP contribution in [0.4, 0.5) is 0 Å². The summed E-state index contributed by atoms with van der Waals surface area (Å²) < 4.78 is 7.48. The lowest BCUT2D eigenvalue weighted by molar-refractivity contribution is 0.0663. The van der Waals surface area contributed by atoms with Crippen LogP contribution < -0.4 is 11.2 Å². The summed E-state index contributed by atoms with van der Waals surface area (Å²) in [6, 6.07) is 1.62. The van der Waals surface area contributed by atoms with Gasteiger partial charge < -0.3 is 14.4 Å². The zero-order valence-electron chi connectivity index (χ0n) is 15.4. The molecule has 1 N–H and O–H groups in total. The number of aromatic amines is 1. The largest absolute Gasteiger partial charge is 0.351 e. The zero-order valence-corrected chi connectivity index (χ0v) is 15.4. The summed E-state index contributed by atoms with van der Waals surface area (Å²) >= 11 is 0. The van der Waals surface area contributed by atoms with Crippen molar-refractivity contribution in [1.29, 1.82) is 0 Å². The Morgan fingerprint density at radius 2 is 2.07 bits per heavy atom. The Morgan fingerprint density at radius 1 is 1.30 bits per heavy atom. The number of fused-ring (bicyclic) bond motifs is 1. The molecule has 0 spiro atoms. The lowest BCUT2D eigenvalue weighted by atomic mass is 9.97. The molecule has 1 aliphatic rings. The minimum Gasteiger partial charge on any atom is -0.351 e. The maximum Gasteiger partial charge on any atom is 0.332 e. The van der Waals surface area contributed by atoms with E-state index in [2.05, 4.69) is 15.1 Å². The second-order valence-electron chi connectivity index (χ2n) is 6.95. The highest BCUT2D eigenvalue weighted by Gasteiger charge is 2.29. The molecule has 0 aliphatic carbocycles. The van der Waals surface area contributed by atoms with E-state index in [1.54, 1.807) is 24.9 Å². The Hall–Kier alpha value is -3.17. The number of nitrogens with zero attached hydrogens (tertiary/aromatic N) is 5. The minimum atomic E-state index is -0.424. The molecule has 0 saturated carbocycles. The van der Waals surface area contributed by atoms with Crippen LogP contribution in [0.1, 0.15) is 40.8 Å². The number of rotatable bonds is 2. The topological polar surface area (TPSA) is 119 Å². The summed E-state index contributed by atoms with van der Waals surface area (Å²) in [4.78, 5) is 46.3. The molecule has 0 radical (unpaired) electrons. The van der Waals surface area contributed by atoms with Gasteiger partial charge in [0.15, 0.2) is 5.65 Å². The minimum absolute atomic E-state index is 0.0565. The predicted molar refractivity (Wildman–Crippen MR) is 95.7 cm³/mol. The highest BCUT2D eigenvalue weighted by atomic mass is 16.5. The maximum atomic E-state index is 12.6. The number of carbonyl (C=O) groups excluding carboxylic acids is 1. The summed E-state index contributed by atoms with van der Waals surface area (Å²) in [5, 5.41) is 3.76. The normalized spacial score (nSPS) is 17.6. The Balaban J connectivity index is 1.66. The highest BCUT2D eigenvalue weighted by Crippen LogP contribution is 2.27. The van der Waals surface area contributed by atoms with E-state index in [9.17, 15) is 14.4 Å². The SMILES string of the molecule is Cc1cc(C(=O)N2CCCC(c3nc4c([nH]3)c(=O)n(C)c(=O)n4C)C2)on1. The average Bonchev–Trinajstić information content (AvgIpc) is 3.31. The van der Waals surface area contributed by atoms with Crippen molar-refractivity contribution in [3.63, 3.8) is 0 Å².